The van der Waals surface area contributed by atoms with Crippen molar-refractivity contribution in [2.75, 3.05) is 22.7 Å². The standard InChI is InChI=1S/C26H28N4O3S/c31-25-7-5-6-19-10-13-22(18-23(19)25)34(32,33)29-21-11-8-20(9-12-21)24-14-15-26(28-27-24)30-16-3-1-2-4-17-30/h8-15,18,29H,1-7,16-17H2. The highest BCUT2D eigenvalue weighted by atomic mass is 32.2. The van der Waals surface area contributed by atoms with Crippen LogP contribution < -0.4 is 9.62 Å². The Morgan fingerprint density at radius 1 is 0.794 bits per heavy atom. The Kier molecular flexibility index (Phi) is 6.32. The van der Waals surface area contributed by atoms with Crippen molar-refractivity contribution < 1.29 is 13.2 Å². The maximum absolute atomic E-state index is 12.9. The highest BCUT2D eigenvalue weighted by Crippen LogP contribution is 2.27. The highest BCUT2D eigenvalue weighted by molar-refractivity contribution is 7.92. The molecule has 2 heterocycles. The van der Waals surface area contributed by atoms with Crippen molar-refractivity contribution in [3.63, 3.8) is 0 Å². The number of hydrogen-bond acceptors (Lipinski definition) is 6. The van der Waals surface area contributed by atoms with E-state index in [0.717, 1.165) is 48.6 Å². The van der Waals surface area contributed by atoms with E-state index in [1.165, 1.54) is 31.7 Å². The lowest BCUT2D eigenvalue weighted by Gasteiger charge is -2.20. The second-order valence-electron chi connectivity index (χ2n) is 8.96. The van der Waals surface area contributed by atoms with E-state index in [1.807, 2.05) is 24.3 Å². The molecule has 0 amide bonds. The molecule has 1 aliphatic heterocycles. The average molecular weight is 477 g/mol. The zero-order valence-corrected chi connectivity index (χ0v) is 19.9. The van der Waals surface area contributed by atoms with Crippen molar-refractivity contribution in [1.29, 1.82) is 0 Å². The summed E-state index contributed by atoms with van der Waals surface area (Å²) < 4.78 is 28.4. The molecule has 5 rings (SSSR count). The summed E-state index contributed by atoms with van der Waals surface area (Å²) in [5.74, 6) is 0.907. The first kappa shape index (κ1) is 22.5. The summed E-state index contributed by atoms with van der Waals surface area (Å²) in [4.78, 5) is 14.6. The second kappa shape index (κ2) is 9.54. The molecule has 0 spiro atoms. The predicted molar refractivity (Wildman–Crippen MR) is 133 cm³/mol. The normalized spacial score (nSPS) is 16.6. The topological polar surface area (TPSA) is 92.3 Å². The van der Waals surface area contributed by atoms with Gasteiger partial charge in [-0.05, 0) is 67.6 Å². The number of ketones is 1. The Morgan fingerprint density at radius 3 is 2.26 bits per heavy atom. The van der Waals surface area contributed by atoms with Gasteiger partial charge in [0.15, 0.2) is 11.6 Å². The van der Waals surface area contributed by atoms with Gasteiger partial charge < -0.3 is 4.90 Å². The molecular formula is C26H28N4O3S. The van der Waals surface area contributed by atoms with Crippen LogP contribution in [0.4, 0.5) is 11.5 Å². The minimum absolute atomic E-state index is 0.00521. The smallest absolute Gasteiger partial charge is 0.261 e. The number of carbonyl (C=O) groups is 1. The Morgan fingerprint density at radius 2 is 1.56 bits per heavy atom. The number of anilines is 2. The number of nitrogens with zero attached hydrogens (tertiary/aromatic N) is 3. The molecule has 8 heteroatoms. The molecular weight excluding hydrogens is 448 g/mol. The molecule has 7 nitrogen and oxygen atoms in total. The van der Waals surface area contributed by atoms with Crippen molar-refractivity contribution in [1.82, 2.24) is 10.2 Å². The van der Waals surface area contributed by atoms with E-state index in [0.29, 0.717) is 17.7 Å². The van der Waals surface area contributed by atoms with Gasteiger partial charge in [0.05, 0.1) is 10.6 Å². The van der Waals surface area contributed by atoms with E-state index in [-0.39, 0.29) is 10.7 Å². The van der Waals surface area contributed by atoms with Crippen LogP contribution in [-0.4, -0.2) is 37.5 Å². The number of sulfonamides is 1. The van der Waals surface area contributed by atoms with Crippen LogP contribution in [-0.2, 0) is 16.4 Å². The number of benzene rings is 2. The summed E-state index contributed by atoms with van der Waals surface area (Å²) in [6, 6.07) is 15.8. The fourth-order valence-corrected chi connectivity index (χ4v) is 5.73. The third kappa shape index (κ3) is 4.82. The number of aromatic nitrogens is 2. The van der Waals surface area contributed by atoms with Gasteiger partial charge in [0.25, 0.3) is 10.0 Å². The van der Waals surface area contributed by atoms with E-state index in [1.54, 1.807) is 24.3 Å². The van der Waals surface area contributed by atoms with Gasteiger partial charge in [-0.2, -0.15) is 0 Å². The van der Waals surface area contributed by atoms with Crippen molar-refractivity contribution in [2.45, 2.75) is 49.8 Å². The molecule has 1 aliphatic carbocycles. The Bertz CT molecular complexity index is 1280. The van der Waals surface area contributed by atoms with Crippen molar-refractivity contribution in [3.8, 4) is 11.3 Å². The molecule has 0 radical (unpaired) electrons. The maximum atomic E-state index is 12.9. The lowest BCUT2D eigenvalue weighted by Crippen LogP contribution is -2.25. The molecule has 0 atom stereocenters. The van der Waals surface area contributed by atoms with Gasteiger partial charge in [0.1, 0.15) is 0 Å². The van der Waals surface area contributed by atoms with Crippen LogP contribution in [0, 0.1) is 0 Å². The van der Waals surface area contributed by atoms with Crippen molar-refractivity contribution in [3.05, 3.63) is 65.7 Å². The van der Waals surface area contributed by atoms with E-state index >= 15 is 0 Å². The van der Waals surface area contributed by atoms with Crippen molar-refractivity contribution >= 4 is 27.3 Å². The molecule has 1 aromatic heterocycles. The summed E-state index contributed by atoms with van der Waals surface area (Å²) in [6.07, 6.45) is 6.98. The molecule has 2 aromatic carbocycles. The minimum atomic E-state index is -3.80. The van der Waals surface area contributed by atoms with E-state index < -0.39 is 10.0 Å². The quantitative estimate of drug-likeness (QED) is 0.566. The van der Waals surface area contributed by atoms with Crippen LogP contribution in [0.3, 0.4) is 0 Å². The summed E-state index contributed by atoms with van der Waals surface area (Å²) in [5, 5.41) is 8.81. The zero-order valence-electron chi connectivity index (χ0n) is 19.0. The predicted octanol–water partition coefficient (Wildman–Crippen LogP) is 4.84. The highest BCUT2D eigenvalue weighted by Gasteiger charge is 2.22. The van der Waals surface area contributed by atoms with Gasteiger partial charge >= 0.3 is 0 Å². The molecule has 0 unspecified atom stereocenters. The molecule has 2 aliphatic rings. The SMILES string of the molecule is O=C1CCCc2ccc(S(=O)(=O)Nc3ccc(-c4ccc(N5CCCCCC5)nn4)cc3)cc21. The van der Waals surface area contributed by atoms with Crippen LogP contribution in [0.5, 0.6) is 0 Å². The van der Waals surface area contributed by atoms with Gasteiger partial charge in [-0.15, -0.1) is 10.2 Å². The van der Waals surface area contributed by atoms with E-state index in [9.17, 15) is 13.2 Å². The van der Waals surface area contributed by atoms with Gasteiger partial charge in [0.2, 0.25) is 0 Å². The van der Waals surface area contributed by atoms with Gasteiger partial charge in [-0.3, -0.25) is 9.52 Å². The maximum Gasteiger partial charge on any atom is 0.261 e. The fraction of sp³-hybridized carbons (Fsp3) is 0.346. The third-order valence-corrected chi connectivity index (χ3v) is 7.93. The number of aryl methyl sites for hydroxylation is 1. The molecule has 176 valence electrons. The Hall–Kier alpha value is -3.26. The summed E-state index contributed by atoms with van der Waals surface area (Å²) >= 11 is 0. The first-order valence-corrected chi connectivity index (χ1v) is 13.4. The summed E-state index contributed by atoms with van der Waals surface area (Å²) in [7, 11) is -3.80. The monoisotopic (exact) mass is 476 g/mol. The fourth-order valence-electron chi connectivity index (χ4n) is 4.65. The number of rotatable bonds is 5. The Balaban J connectivity index is 1.29. The average Bonchev–Trinajstić information content (AvgIpc) is 3.14. The molecule has 34 heavy (non-hydrogen) atoms. The van der Waals surface area contributed by atoms with Crippen LogP contribution >= 0.6 is 0 Å². The molecule has 0 bridgehead atoms. The second-order valence-corrected chi connectivity index (χ2v) is 10.6. The van der Waals surface area contributed by atoms with Crippen LogP contribution in [0.15, 0.2) is 59.5 Å². The number of carbonyl (C=O) groups excluding carboxylic acids is 1. The summed E-state index contributed by atoms with van der Waals surface area (Å²) in [6.45, 7) is 2.03. The van der Waals surface area contributed by atoms with Crippen molar-refractivity contribution in [2.24, 2.45) is 0 Å². The molecule has 0 saturated carbocycles. The van der Waals surface area contributed by atoms with Gasteiger partial charge in [0, 0.05) is 36.3 Å². The lowest BCUT2D eigenvalue weighted by atomic mass is 9.91. The van der Waals surface area contributed by atoms with E-state index in [4.69, 9.17) is 0 Å². The zero-order chi connectivity index (χ0) is 23.5. The third-order valence-electron chi connectivity index (χ3n) is 6.56. The first-order chi connectivity index (χ1) is 16.5. The largest absolute Gasteiger partial charge is 0.355 e. The summed E-state index contributed by atoms with van der Waals surface area (Å²) in [5.41, 5.74) is 3.48. The minimum Gasteiger partial charge on any atom is -0.355 e. The number of hydrogen-bond donors (Lipinski definition) is 1. The van der Waals surface area contributed by atoms with Crippen LogP contribution in [0.1, 0.15) is 54.4 Å². The van der Waals surface area contributed by atoms with Crippen LogP contribution in [0.25, 0.3) is 11.3 Å². The molecule has 1 fully saturated rings. The lowest BCUT2D eigenvalue weighted by molar-refractivity contribution is 0.0972. The first-order valence-electron chi connectivity index (χ1n) is 11.9. The molecule has 1 N–H and O–H groups in total. The van der Waals surface area contributed by atoms with Gasteiger partial charge in [-0.1, -0.05) is 31.0 Å². The molecule has 1 saturated heterocycles. The number of Topliss-reactive ketones (excluding diaryl/α,β-unsaturated/α-hetero) is 1. The van der Waals surface area contributed by atoms with Gasteiger partial charge in [-0.25, -0.2) is 8.42 Å². The van der Waals surface area contributed by atoms with Crippen LogP contribution in [0.2, 0.25) is 0 Å². The van der Waals surface area contributed by atoms with E-state index in [2.05, 4.69) is 19.8 Å². The number of nitrogens with one attached hydrogen (secondary N) is 1. The number of fused-ring (bicyclic) bond motifs is 1. The molecule has 3 aromatic rings. The Labute approximate surface area is 200 Å².